The molecule has 0 radical (unpaired) electrons. The van der Waals surface area contributed by atoms with E-state index in [1.807, 2.05) is 16.8 Å². The molecule has 106 valence electrons. The summed E-state index contributed by atoms with van der Waals surface area (Å²) < 4.78 is 2.73. The van der Waals surface area contributed by atoms with Gasteiger partial charge in [0.25, 0.3) is 0 Å². The summed E-state index contributed by atoms with van der Waals surface area (Å²) in [5, 5.41) is 3.35. The zero-order valence-corrected chi connectivity index (χ0v) is 13.0. The van der Waals surface area contributed by atoms with Crippen LogP contribution in [-0.4, -0.2) is 14.4 Å². The Morgan fingerprint density at radius 3 is 2.71 bits per heavy atom. The van der Waals surface area contributed by atoms with E-state index >= 15 is 0 Å². The average molecular weight is 343 g/mol. The molecule has 4 rings (SSSR count). The maximum Gasteiger partial charge on any atom is 0.180 e. The molecular weight excluding hydrogens is 328 g/mol. The quantitative estimate of drug-likeness (QED) is 0.761. The number of hydrogen-bond acceptors (Lipinski definition) is 3. The number of imidazole rings is 1. The fourth-order valence-electron chi connectivity index (χ4n) is 2.70. The predicted molar refractivity (Wildman–Crippen MR) is 87.0 cm³/mol. The summed E-state index contributed by atoms with van der Waals surface area (Å²) in [6.07, 6.45) is 9.60. The van der Waals surface area contributed by atoms with Gasteiger partial charge in [0, 0.05) is 24.3 Å². The van der Waals surface area contributed by atoms with Crippen LogP contribution in [0.15, 0.2) is 47.5 Å². The molecule has 1 N–H and O–H groups in total. The molecular formula is C16H15BrN4. The Kier molecular flexibility index (Phi) is 3.15. The largest absolute Gasteiger partial charge is 0.337 e. The van der Waals surface area contributed by atoms with E-state index in [0.717, 1.165) is 27.7 Å². The summed E-state index contributed by atoms with van der Waals surface area (Å²) >= 11 is 3.43. The highest BCUT2D eigenvalue weighted by atomic mass is 79.9. The number of rotatable bonds is 3. The van der Waals surface area contributed by atoms with E-state index in [1.54, 1.807) is 6.20 Å². The highest BCUT2D eigenvalue weighted by Gasteiger charge is 2.19. The lowest BCUT2D eigenvalue weighted by Crippen LogP contribution is -2.08. The van der Waals surface area contributed by atoms with E-state index in [0.29, 0.717) is 0 Å². The Morgan fingerprint density at radius 1 is 1.19 bits per heavy atom. The van der Waals surface area contributed by atoms with E-state index < -0.39 is 0 Å². The molecule has 3 aromatic rings. The minimum Gasteiger partial charge on any atom is -0.337 e. The van der Waals surface area contributed by atoms with Gasteiger partial charge in [-0.05, 0) is 52.4 Å². The molecule has 2 aromatic heterocycles. The minimum absolute atomic E-state index is 0.755. The average Bonchev–Trinajstić information content (AvgIpc) is 2.87. The van der Waals surface area contributed by atoms with Gasteiger partial charge in [-0.25, -0.2) is 9.97 Å². The van der Waals surface area contributed by atoms with Gasteiger partial charge in [-0.15, -0.1) is 0 Å². The third-order valence-electron chi connectivity index (χ3n) is 4.09. The lowest BCUT2D eigenvalue weighted by atomic mass is 9.80. The number of halogens is 1. The summed E-state index contributed by atoms with van der Waals surface area (Å²) in [5.74, 6) is 1.52. The van der Waals surface area contributed by atoms with Crippen LogP contribution < -0.4 is 5.32 Å². The third kappa shape index (κ3) is 2.42. The Balaban J connectivity index is 1.63. The first-order valence-electron chi connectivity index (χ1n) is 7.16. The second kappa shape index (κ2) is 5.15. The number of anilines is 2. The van der Waals surface area contributed by atoms with Gasteiger partial charge in [-0.3, -0.25) is 0 Å². The fraction of sp³-hybridized carbons (Fsp3) is 0.250. The first-order chi connectivity index (χ1) is 10.3. The fourth-order valence-corrected chi connectivity index (χ4v) is 3.10. The summed E-state index contributed by atoms with van der Waals surface area (Å²) in [5.41, 5.74) is 3.30. The molecule has 1 aliphatic rings. The van der Waals surface area contributed by atoms with Crippen LogP contribution in [0, 0.1) is 0 Å². The molecule has 0 bridgehead atoms. The molecule has 0 spiro atoms. The predicted octanol–water partition coefficient (Wildman–Crippen LogP) is 4.50. The van der Waals surface area contributed by atoms with Gasteiger partial charge in [0.15, 0.2) is 11.5 Å². The number of aromatic nitrogens is 3. The maximum atomic E-state index is 4.48. The van der Waals surface area contributed by atoms with Crippen molar-refractivity contribution in [3.05, 3.63) is 53.0 Å². The molecule has 2 heterocycles. The van der Waals surface area contributed by atoms with E-state index in [1.165, 1.54) is 24.8 Å². The van der Waals surface area contributed by atoms with E-state index in [4.69, 9.17) is 0 Å². The molecule has 1 saturated carbocycles. The van der Waals surface area contributed by atoms with Gasteiger partial charge in [0.2, 0.25) is 0 Å². The van der Waals surface area contributed by atoms with E-state index in [-0.39, 0.29) is 0 Å². The van der Waals surface area contributed by atoms with Crippen molar-refractivity contribution in [2.24, 2.45) is 0 Å². The van der Waals surface area contributed by atoms with Gasteiger partial charge < -0.3 is 9.72 Å². The van der Waals surface area contributed by atoms with Crippen molar-refractivity contribution in [3.63, 3.8) is 0 Å². The Morgan fingerprint density at radius 2 is 2.00 bits per heavy atom. The number of nitrogens with one attached hydrogen (secondary N) is 1. The van der Waals surface area contributed by atoms with Crippen molar-refractivity contribution in [2.75, 3.05) is 5.32 Å². The molecule has 0 atom stereocenters. The molecule has 1 fully saturated rings. The van der Waals surface area contributed by atoms with Crippen molar-refractivity contribution in [3.8, 4) is 0 Å². The standard InChI is InChI=1S/C16H15BrN4/c17-14-10-21-9-8-18-16(21)15(20-14)19-13-6-4-12(5-7-13)11-2-1-3-11/h4-11H,1-3H2,(H,19,20). The van der Waals surface area contributed by atoms with Crippen LogP contribution in [0.25, 0.3) is 5.65 Å². The molecule has 1 aromatic carbocycles. The summed E-state index contributed by atoms with van der Waals surface area (Å²) in [7, 11) is 0. The van der Waals surface area contributed by atoms with Crippen LogP contribution in [0.5, 0.6) is 0 Å². The van der Waals surface area contributed by atoms with Gasteiger partial charge in [0.05, 0.1) is 0 Å². The van der Waals surface area contributed by atoms with Crippen LogP contribution in [0.2, 0.25) is 0 Å². The van der Waals surface area contributed by atoms with Crippen LogP contribution in [0.1, 0.15) is 30.7 Å². The summed E-state index contributed by atoms with van der Waals surface area (Å²) in [4.78, 5) is 8.82. The molecule has 0 saturated heterocycles. The monoisotopic (exact) mass is 342 g/mol. The van der Waals surface area contributed by atoms with Gasteiger partial charge in [-0.2, -0.15) is 0 Å². The normalized spacial score (nSPS) is 15.1. The van der Waals surface area contributed by atoms with Gasteiger partial charge >= 0.3 is 0 Å². The number of hydrogen-bond donors (Lipinski definition) is 1. The number of nitrogens with zero attached hydrogens (tertiary/aromatic N) is 3. The molecule has 0 amide bonds. The molecule has 4 nitrogen and oxygen atoms in total. The zero-order valence-electron chi connectivity index (χ0n) is 11.5. The van der Waals surface area contributed by atoms with Crippen molar-refractivity contribution >= 4 is 33.1 Å². The number of benzene rings is 1. The van der Waals surface area contributed by atoms with E-state index in [2.05, 4.69) is 55.5 Å². The first kappa shape index (κ1) is 12.8. The Labute approximate surface area is 131 Å². The lowest BCUT2D eigenvalue weighted by Gasteiger charge is -2.25. The maximum absolute atomic E-state index is 4.48. The summed E-state index contributed by atoms with van der Waals surface area (Å²) in [6.45, 7) is 0. The first-order valence-corrected chi connectivity index (χ1v) is 7.95. The smallest absolute Gasteiger partial charge is 0.180 e. The minimum atomic E-state index is 0.755. The molecule has 1 aliphatic carbocycles. The van der Waals surface area contributed by atoms with Crippen molar-refractivity contribution in [1.82, 2.24) is 14.4 Å². The molecule has 21 heavy (non-hydrogen) atoms. The highest BCUT2D eigenvalue weighted by Crippen LogP contribution is 2.36. The van der Waals surface area contributed by atoms with Crippen molar-refractivity contribution < 1.29 is 0 Å². The molecule has 0 aliphatic heterocycles. The zero-order chi connectivity index (χ0) is 14.2. The topological polar surface area (TPSA) is 42.2 Å². The van der Waals surface area contributed by atoms with Crippen LogP contribution in [-0.2, 0) is 0 Å². The number of fused-ring (bicyclic) bond motifs is 1. The molecule has 0 unspecified atom stereocenters. The van der Waals surface area contributed by atoms with Crippen molar-refractivity contribution in [1.29, 1.82) is 0 Å². The van der Waals surface area contributed by atoms with Crippen molar-refractivity contribution in [2.45, 2.75) is 25.2 Å². The van der Waals surface area contributed by atoms with Crippen LogP contribution in [0.3, 0.4) is 0 Å². The Bertz CT molecular complexity index is 775. The SMILES string of the molecule is Brc1cn2ccnc2c(Nc2ccc(C3CCC3)cc2)n1. The van der Waals surface area contributed by atoms with Gasteiger partial charge in [-0.1, -0.05) is 18.6 Å². The van der Waals surface area contributed by atoms with Crippen LogP contribution >= 0.6 is 15.9 Å². The highest BCUT2D eigenvalue weighted by molar-refractivity contribution is 9.10. The van der Waals surface area contributed by atoms with Crippen LogP contribution in [0.4, 0.5) is 11.5 Å². The van der Waals surface area contributed by atoms with Gasteiger partial charge in [0.1, 0.15) is 4.60 Å². The second-order valence-electron chi connectivity index (χ2n) is 5.45. The third-order valence-corrected chi connectivity index (χ3v) is 4.48. The lowest BCUT2D eigenvalue weighted by molar-refractivity contribution is 0.420. The molecule has 5 heteroatoms. The van der Waals surface area contributed by atoms with E-state index in [9.17, 15) is 0 Å². The second-order valence-corrected chi connectivity index (χ2v) is 6.26. The Hall–Kier alpha value is -1.88. The summed E-state index contributed by atoms with van der Waals surface area (Å²) in [6, 6.07) is 8.67.